The highest BCUT2D eigenvalue weighted by molar-refractivity contribution is 14.1. The molecule has 3 aromatic rings. The van der Waals surface area contributed by atoms with Crippen molar-refractivity contribution in [3.63, 3.8) is 0 Å². The van der Waals surface area contributed by atoms with E-state index in [0.717, 1.165) is 18.7 Å². The first-order valence-electron chi connectivity index (χ1n) is 13.1. The van der Waals surface area contributed by atoms with Crippen LogP contribution in [-0.4, -0.2) is 81.8 Å². The van der Waals surface area contributed by atoms with Crippen molar-refractivity contribution in [1.29, 1.82) is 0 Å². The van der Waals surface area contributed by atoms with Crippen molar-refractivity contribution in [2.45, 2.75) is 45.7 Å². The topological polar surface area (TPSA) is 139 Å². The summed E-state index contributed by atoms with van der Waals surface area (Å²) in [4.78, 5) is 48.7. The van der Waals surface area contributed by atoms with E-state index < -0.39 is 23.3 Å². The van der Waals surface area contributed by atoms with Gasteiger partial charge in [-0.05, 0) is 115 Å². The van der Waals surface area contributed by atoms with E-state index >= 15 is 0 Å². The lowest BCUT2D eigenvalue weighted by Gasteiger charge is -2.35. The van der Waals surface area contributed by atoms with Crippen molar-refractivity contribution in [2.75, 3.05) is 43.4 Å². The number of amides is 2. The monoisotopic (exact) mass is 789 g/mol. The number of carboxylic acid groups (broad SMARTS) is 1. The molecule has 2 aromatic carbocycles. The molecule has 0 spiro atoms. The van der Waals surface area contributed by atoms with Gasteiger partial charge in [0.2, 0.25) is 5.91 Å². The molecule has 0 saturated carbocycles. The summed E-state index contributed by atoms with van der Waals surface area (Å²) in [6.45, 7) is 9.62. The number of benzene rings is 2. The van der Waals surface area contributed by atoms with Crippen LogP contribution in [0.2, 0.25) is 0 Å². The van der Waals surface area contributed by atoms with Gasteiger partial charge < -0.3 is 29.7 Å². The third-order valence-electron chi connectivity index (χ3n) is 7.06. The van der Waals surface area contributed by atoms with E-state index in [4.69, 9.17) is 4.42 Å². The summed E-state index contributed by atoms with van der Waals surface area (Å²) in [5.74, 6) is 0.0456. The van der Waals surface area contributed by atoms with Gasteiger partial charge in [-0.3, -0.25) is 9.69 Å². The number of phenols is 1. The molecule has 1 atom stereocenters. The molecule has 1 aliphatic heterocycles. The lowest BCUT2D eigenvalue weighted by atomic mass is 10.0. The molecule has 1 unspecified atom stereocenters. The van der Waals surface area contributed by atoms with E-state index in [1.54, 1.807) is 44.7 Å². The van der Waals surface area contributed by atoms with Gasteiger partial charge in [-0.15, -0.1) is 0 Å². The zero-order valence-electron chi connectivity index (χ0n) is 23.5. The molecule has 1 fully saturated rings. The van der Waals surface area contributed by atoms with E-state index in [2.05, 4.69) is 60.4 Å². The standard InChI is InChI=1S/C28H33I2N5O6/c1-15-21(35(27(39)40)28(2,3)4)7-6-19-22(15)25(38)41-26(31-19)32-20(24(37)34-10-8-33(5)9-11-34)14-16-12-17(29)23(36)18(30)13-16/h6-7,12-13,20,36H,8-11,14H2,1-5H3,(H,31,32)(H,39,40). The second kappa shape index (κ2) is 12.3. The second-order valence-corrected chi connectivity index (χ2v) is 13.5. The number of hydrogen-bond acceptors (Lipinski definition) is 8. The number of aryl methyl sites for hydroxylation is 1. The molecule has 3 N–H and O–H groups in total. The van der Waals surface area contributed by atoms with Crippen LogP contribution in [0.1, 0.15) is 31.9 Å². The van der Waals surface area contributed by atoms with Crippen LogP contribution in [0, 0.1) is 14.1 Å². The molecular formula is C28H33I2N5O6. The SMILES string of the molecule is Cc1c(N(C(=O)O)C(C)(C)C)ccc2nc(NC(Cc3cc(I)c(O)c(I)c3)C(=O)N3CCN(C)CC3)oc(=O)c12. The quantitative estimate of drug-likeness (QED) is 0.309. The van der Waals surface area contributed by atoms with Crippen molar-refractivity contribution in [1.82, 2.24) is 14.8 Å². The van der Waals surface area contributed by atoms with Crippen LogP contribution < -0.4 is 15.8 Å². The fraction of sp³-hybridized carbons (Fsp3) is 0.429. The van der Waals surface area contributed by atoms with Gasteiger partial charge in [-0.2, -0.15) is 4.98 Å². The van der Waals surface area contributed by atoms with Gasteiger partial charge in [0.05, 0.1) is 23.7 Å². The minimum absolute atomic E-state index is 0.101. The predicted molar refractivity (Wildman–Crippen MR) is 174 cm³/mol. The fourth-order valence-corrected chi connectivity index (χ4v) is 6.83. The van der Waals surface area contributed by atoms with Crippen molar-refractivity contribution in [3.05, 3.63) is 53.0 Å². The van der Waals surface area contributed by atoms with Gasteiger partial charge in [0.15, 0.2) is 0 Å². The lowest BCUT2D eigenvalue weighted by molar-refractivity contribution is -0.133. The summed E-state index contributed by atoms with van der Waals surface area (Å²) < 4.78 is 6.91. The number of likely N-dealkylation sites (N-methyl/N-ethyl adjacent to an activating group) is 1. The summed E-state index contributed by atoms with van der Waals surface area (Å²) in [5, 5.41) is 23.3. The minimum atomic E-state index is -1.14. The third kappa shape index (κ3) is 6.88. The molecule has 0 radical (unpaired) electrons. The minimum Gasteiger partial charge on any atom is -0.506 e. The number of hydrogen-bond donors (Lipinski definition) is 3. The van der Waals surface area contributed by atoms with Gasteiger partial charge in [0, 0.05) is 38.1 Å². The zero-order valence-corrected chi connectivity index (χ0v) is 27.8. The molecule has 1 saturated heterocycles. The number of phenolic OH excluding ortho intramolecular Hbond substituents is 1. The average molecular weight is 789 g/mol. The maximum atomic E-state index is 13.7. The summed E-state index contributed by atoms with van der Waals surface area (Å²) in [6.07, 6.45) is -0.864. The number of carbonyl (C=O) groups excluding carboxylic acids is 1. The van der Waals surface area contributed by atoms with Crippen LogP contribution in [-0.2, 0) is 11.2 Å². The van der Waals surface area contributed by atoms with Gasteiger partial charge in [0.1, 0.15) is 11.8 Å². The van der Waals surface area contributed by atoms with Crippen LogP contribution in [0.3, 0.4) is 0 Å². The highest BCUT2D eigenvalue weighted by Gasteiger charge is 2.31. The van der Waals surface area contributed by atoms with E-state index in [-0.39, 0.29) is 29.5 Å². The molecule has 0 aliphatic carbocycles. The van der Waals surface area contributed by atoms with Gasteiger partial charge >= 0.3 is 11.7 Å². The van der Waals surface area contributed by atoms with Crippen molar-refractivity contribution >= 4 is 79.8 Å². The molecule has 0 bridgehead atoms. The summed E-state index contributed by atoms with van der Waals surface area (Å²) in [6, 6.07) is 5.97. The number of piperazine rings is 1. The third-order valence-corrected chi connectivity index (χ3v) is 8.70. The molecule has 1 aliphatic rings. The fourth-order valence-electron chi connectivity index (χ4n) is 4.93. The van der Waals surface area contributed by atoms with Crippen molar-refractivity contribution in [2.24, 2.45) is 0 Å². The van der Waals surface area contributed by atoms with Crippen LogP contribution >= 0.6 is 45.2 Å². The smallest absolute Gasteiger partial charge is 0.412 e. The highest BCUT2D eigenvalue weighted by atomic mass is 127. The zero-order chi connectivity index (χ0) is 30.2. The number of nitrogens with zero attached hydrogens (tertiary/aromatic N) is 4. The Labute approximate surface area is 265 Å². The molecule has 220 valence electrons. The number of nitrogens with one attached hydrogen (secondary N) is 1. The summed E-state index contributed by atoms with van der Waals surface area (Å²) in [7, 11) is 2.01. The maximum Gasteiger partial charge on any atom is 0.412 e. The first-order chi connectivity index (χ1) is 19.2. The van der Waals surface area contributed by atoms with Crippen LogP contribution in [0.25, 0.3) is 10.9 Å². The van der Waals surface area contributed by atoms with E-state index in [1.807, 2.05) is 19.2 Å². The first kappa shape index (κ1) is 31.3. The number of halogens is 2. The molecular weight excluding hydrogens is 756 g/mol. The summed E-state index contributed by atoms with van der Waals surface area (Å²) in [5.41, 5.74) is 0.522. The Balaban J connectivity index is 1.72. The Morgan fingerprint density at radius 2 is 1.76 bits per heavy atom. The van der Waals surface area contributed by atoms with Gasteiger partial charge in [-0.25, -0.2) is 9.59 Å². The Morgan fingerprint density at radius 1 is 1.15 bits per heavy atom. The molecule has 41 heavy (non-hydrogen) atoms. The molecule has 2 amide bonds. The van der Waals surface area contributed by atoms with Crippen LogP contribution in [0.4, 0.5) is 16.5 Å². The first-order valence-corrected chi connectivity index (χ1v) is 15.2. The number of anilines is 2. The molecule has 11 nitrogen and oxygen atoms in total. The average Bonchev–Trinajstić information content (AvgIpc) is 2.87. The molecule has 2 heterocycles. The van der Waals surface area contributed by atoms with E-state index in [0.29, 0.717) is 37.0 Å². The van der Waals surface area contributed by atoms with Crippen molar-refractivity contribution < 1.29 is 24.2 Å². The Morgan fingerprint density at radius 3 is 2.32 bits per heavy atom. The molecule has 4 rings (SSSR count). The Hall–Kier alpha value is -2.66. The van der Waals surface area contributed by atoms with Gasteiger partial charge in [0.25, 0.3) is 6.01 Å². The largest absolute Gasteiger partial charge is 0.506 e. The number of fused-ring (bicyclic) bond motifs is 1. The Bertz CT molecular complexity index is 1520. The normalized spacial score (nSPS) is 15.1. The van der Waals surface area contributed by atoms with E-state index in [1.165, 1.54) is 4.90 Å². The number of aromatic hydroxyl groups is 1. The van der Waals surface area contributed by atoms with Gasteiger partial charge in [-0.1, -0.05) is 0 Å². The predicted octanol–water partition coefficient (Wildman–Crippen LogP) is 4.49. The maximum absolute atomic E-state index is 13.7. The number of aromatic nitrogens is 1. The molecule has 13 heteroatoms. The number of carbonyl (C=O) groups is 2. The van der Waals surface area contributed by atoms with Crippen LogP contribution in [0.5, 0.6) is 5.75 Å². The van der Waals surface area contributed by atoms with Crippen LogP contribution in [0.15, 0.2) is 33.5 Å². The van der Waals surface area contributed by atoms with E-state index in [9.17, 15) is 24.6 Å². The number of rotatable bonds is 6. The molecule has 1 aromatic heterocycles. The van der Waals surface area contributed by atoms with Crippen molar-refractivity contribution in [3.8, 4) is 5.75 Å². The lowest BCUT2D eigenvalue weighted by Crippen LogP contribution is -2.52. The Kier molecular flexibility index (Phi) is 9.38. The highest BCUT2D eigenvalue weighted by Crippen LogP contribution is 2.32. The second-order valence-electron chi connectivity index (χ2n) is 11.1. The summed E-state index contributed by atoms with van der Waals surface area (Å²) >= 11 is 4.11.